The number of nitrogens with zero attached hydrogens (tertiary/aromatic N) is 1. The van der Waals surface area contributed by atoms with E-state index in [4.69, 9.17) is 15.0 Å². The van der Waals surface area contributed by atoms with E-state index in [9.17, 15) is 5.11 Å². The molecule has 0 atom stereocenters. The first-order valence-corrected chi connectivity index (χ1v) is 5.96. The number of nitrogen functional groups attached to an aromatic ring is 1. The van der Waals surface area contributed by atoms with Crippen LogP contribution in [0.2, 0.25) is 0 Å². The minimum Gasteiger partial charge on any atom is -0.504 e. The molecule has 0 fully saturated rings. The van der Waals surface area contributed by atoms with Gasteiger partial charge in [-0.1, -0.05) is 25.9 Å². The number of aromatic hydroxyl groups is 1. The van der Waals surface area contributed by atoms with Crippen LogP contribution in [0.4, 0.5) is 5.88 Å². The first-order valence-electron chi connectivity index (χ1n) is 5.96. The van der Waals surface area contributed by atoms with Crippen LogP contribution < -0.4 is 10.5 Å². The van der Waals surface area contributed by atoms with Crippen molar-refractivity contribution in [3.8, 4) is 22.6 Å². The fraction of sp³-hybridized carbons (Fsp3) is 0.357. The molecule has 0 saturated heterocycles. The first-order chi connectivity index (χ1) is 8.84. The third kappa shape index (κ3) is 2.36. The van der Waals surface area contributed by atoms with Crippen LogP contribution in [0, 0.1) is 0 Å². The summed E-state index contributed by atoms with van der Waals surface area (Å²) in [5, 5.41) is 13.8. The van der Waals surface area contributed by atoms with Crippen molar-refractivity contribution < 1.29 is 14.4 Å². The Bertz CT molecular complexity index is 597. The van der Waals surface area contributed by atoms with Crippen molar-refractivity contribution in [1.82, 2.24) is 5.16 Å². The number of anilines is 1. The summed E-state index contributed by atoms with van der Waals surface area (Å²) in [5.74, 6) is 0.636. The van der Waals surface area contributed by atoms with Crippen LogP contribution in [0.3, 0.4) is 0 Å². The highest BCUT2D eigenvalue weighted by molar-refractivity contribution is 5.80. The Kier molecular flexibility index (Phi) is 3.14. The second-order valence-electron chi connectivity index (χ2n) is 5.43. The molecular weight excluding hydrogens is 244 g/mol. The van der Waals surface area contributed by atoms with Gasteiger partial charge in [0, 0.05) is 5.56 Å². The Morgan fingerprint density at radius 3 is 2.42 bits per heavy atom. The molecule has 0 spiro atoms. The summed E-state index contributed by atoms with van der Waals surface area (Å²) in [7, 11) is 1.50. The van der Waals surface area contributed by atoms with Crippen molar-refractivity contribution in [3.63, 3.8) is 0 Å². The summed E-state index contributed by atoms with van der Waals surface area (Å²) >= 11 is 0. The van der Waals surface area contributed by atoms with Gasteiger partial charge in [0.2, 0.25) is 5.88 Å². The summed E-state index contributed by atoms with van der Waals surface area (Å²) in [6.07, 6.45) is 1.51. The number of hydrogen-bond donors (Lipinski definition) is 2. The first kappa shape index (κ1) is 13.3. The molecular formula is C14H18N2O3. The fourth-order valence-corrected chi connectivity index (χ4v) is 1.91. The SMILES string of the molecule is COc1c(O)cc(C(C)(C)C)cc1-c1cnoc1N. The van der Waals surface area contributed by atoms with E-state index in [0.29, 0.717) is 16.9 Å². The molecule has 2 aromatic rings. The van der Waals surface area contributed by atoms with Gasteiger partial charge in [-0.15, -0.1) is 0 Å². The van der Waals surface area contributed by atoms with Crippen molar-refractivity contribution in [2.75, 3.05) is 12.8 Å². The van der Waals surface area contributed by atoms with Crippen LogP contribution in [-0.2, 0) is 5.41 Å². The monoisotopic (exact) mass is 262 g/mol. The van der Waals surface area contributed by atoms with Crippen LogP contribution in [0.1, 0.15) is 26.3 Å². The van der Waals surface area contributed by atoms with Gasteiger partial charge in [0.15, 0.2) is 11.5 Å². The molecule has 1 aromatic heterocycles. The molecule has 1 heterocycles. The Balaban J connectivity index is 2.71. The quantitative estimate of drug-likeness (QED) is 0.869. The number of hydrogen-bond acceptors (Lipinski definition) is 5. The molecule has 1 aromatic carbocycles. The van der Waals surface area contributed by atoms with Gasteiger partial charge in [-0.2, -0.15) is 0 Å². The zero-order valence-electron chi connectivity index (χ0n) is 11.5. The number of phenols is 1. The maximum atomic E-state index is 10.1. The molecule has 0 unspecified atom stereocenters. The van der Waals surface area contributed by atoms with Crippen molar-refractivity contribution in [1.29, 1.82) is 0 Å². The fourth-order valence-electron chi connectivity index (χ4n) is 1.91. The average Bonchev–Trinajstić information content (AvgIpc) is 2.73. The third-order valence-electron chi connectivity index (χ3n) is 3.03. The molecule has 5 heteroatoms. The molecule has 0 bridgehead atoms. The highest BCUT2D eigenvalue weighted by atomic mass is 16.5. The van der Waals surface area contributed by atoms with Gasteiger partial charge in [-0.3, -0.25) is 0 Å². The number of nitrogens with two attached hydrogens (primary N) is 1. The number of methoxy groups -OCH3 is 1. The molecule has 0 amide bonds. The average molecular weight is 262 g/mol. The van der Waals surface area contributed by atoms with Crippen molar-refractivity contribution in [2.45, 2.75) is 26.2 Å². The minimum atomic E-state index is -0.107. The lowest BCUT2D eigenvalue weighted by atomic mass is 9.85. The normalized spacial score (nSPS) is 11.6. The summed E-state index contributed by atoms with van der Waals surface area (Å²) < 4.78 is 10.1. The number of aromatic nitrogens is 1. The molecule has 2 rings (SSSR count). The number of rotatable bonds is 2. The second-order valence-corrected chi connectivity index (χ2v) is 5.43. The Morgan fingerprint density at radius 1 is 1.26 bits per heavy atom. The van der Waals surface area contributed by atoms with E-state index < -0.39 is 0 Å². The van der Waals surface area contributed by atoms with Crippen LogP contribution >= 0.6 is 0 Å². The molecule has 19 heavy (non-hydrogen) atoms. The molecule has 0 radical (unpaired) electrons. The largest absolute Gasteiger partial charge is 0.504 e. The Hall–Kier alpha value is -2.17. The van der Waals surface area contributed by atoms with Gasteiger partial charge in [-0.25, -0.2) is 0 Å². The standard InChI is InChI=1S/C14H18N2O3/c1-14(2,3)8-5-9(10-7-16-19-13(10)15)12(18-4)11(17)6-8/h5-7,17H,15H2,1-4H3. The predicted molar refractivity (Wildman–Crippen MR) is 73.3 cm³/mol. The smallest absolute Gasteiger partial charge is 0.230 e. The van der Waals surface area contributed by atoms with Crippen molar-refractivity contribution in [2.24, 2.45) is 0 Å². The predicted octanol–water partition coefficient (Wildman–Crippen LogP) is 2.94. The summed E-state index contributed by atoms with van der Waals surface area (Å²) in [5.41, 5.74) is 7.89. The molecule has 0 aliphatic rings. The number of phenolic OH excluding ortho intramolecular Hbond substituents is 1. The number of benzene rings is 1. The molecule has 0 aliphatic heterocycles. The lowest BCUT2D eigenvalue weighted by Crippen LogP contribution is -2.11. The van der Waals surface area contributed by atoms with E-state index in [2.05, 4.69) is 25.9 Å². The zero-order valence-corrected chi connectivity index (χ0v) is 11.5. The van der Waals surface area contributed by atoms with E-state index >= 15 is 0 Å². The van der Waals surface area contributed by atoms with Crippen molar-refractivity contribution in [3.05, 3.63) is 23.9 Å². The van der Waals surface area contributed by atoms with Gasteiger partial charge in [0.25, 0.3) is 0 Å². The van der Waals surface area contributed by atoms with Crippen LogP contribution in [0.15, 0.2) is 22.9 Å². The number of ether oxygens (including phenoxy) is 1. The highest BCUT2D eigenvalue weighted by Crippen LogP contribution is 2.42. The second kappa shape index (κ2) is 4.50. The van der Waals surface area contributed by atoms with Gasteiger partial charge >= 0.3 is 0 Å². The van der Waals surface area contributed by atoms with E-state index in [1.165, 1.54) is 13.3 Å². The molecule has 0 saturated carbocycles. The van der Waals surface area contributed by atoms with E-state index in [-0.39, 0.29) is 17.0 Å². The van der Waals surface area contributed by atoms with Crippen LogP contribution in [0.25, 0.3) is 11.1 Å². The maximum absolute atomic E-state index is 10.1. The summed E-state index contributed by atoms with van der Waals surface area (Å²) in [6, 6.07) is 3.63. The van der Waals surface area contributed by atoms with Gasteiger partial charge in [0.1, 0.15) is 0 Å². The van der Waals surface area contributed by atoms with Crippen LogP contribution in [0.5, 0.6) is 11.5 Å². The molecule has 102 valence electrons. The van der Waals surface area contributed by atoms with Gasteiger partial charge < -0.3 is 20.1 Å². The van der Waals surface area contributed by atoms with E-state index in [1.807, 2.05) is 6.07 Å². The van der Waals surface area contributed by atoms with E-state index in [1.54, 1.807) is 6.07 Å². The van der Waals surface area contributed by atoms with Crippen LogP contribution in [-0.4, -0.2) is 17.4 Å². The lowest BCUT2D eigenvalue weighted by molar-refractivity contribution is 0.373. The molecule has 3 N–H and O–H groups in total. The third-order valence-corrected chi connectivity index (χ3v) is 3.03. The summed E-state index contributed by atoms with van der Waals surface area (Å²) in [4.78, 5) is 0. The Morgan fingerprint density at radius 2 is 1.95 bits per heavy atom. The van der Waals surface area contributed by atoms with Gasteiger partial charge in [0.05, 0.1) is 18.9 Å². The van der Waals surface area contributed by atoms with Crippen molar-refractivity contribution >= 4 is 5.88 Å². The molecule has 0 aliphatic carbocycles. The summed E-state index contributed by atoms with van der Waals surface area (Å²) in [6.45, 7) is 6.19. The minimum absolute atomic E-state index is 0.0746. The lowest BCUT2D eigenvalue weighted by Gasteiger charge is -2.21. The zero-order chi connectivity index (χ0) is 14.2. The topological polar surface area (TPSA) is 81.5 Å². The van der Waals surface area contributed by atoms with E-state index in [0.717, 1.165) is 5.56 Å². The Labute approximate surface area is 112 Å². The molecule has 5 nitrogen and oxygen atoms in total. The highest BCUT2D eigenvalue weighted by Gasteiger charge is 2.22. The van der Waals surface area contributed by atoms with Gasteiger partial charge in [-0.05, 0) is 23.1 Å². The maximum Gasteiger partial charge on any atom is 0.230 e.